The van der Waals surface area contributed by atoms with Crippen molar-refractivity contribution in [2.75, 3.05) is 0 Å². The Morgan fingerprint density at radius 2 is 1.09 bits per heavy atom. The Balaban J connectivity index is 2.46. The zero-order valence-corrected chi connectivity index (χ0v) is 14.3. The predicted molar refractivity (Wildman–Crippen MR) is 103 cm³/mol. The van der Waals surface area contributed by atoms with Gasteiger partial charge in [0.05, 0.1) is 0 Å². The van der Waals surface area contributed by atoms with Crippen molar-refractivity contribution in [3.05, 3.63) is 59.7 Å². The van der Waals surface area contributed by atoms with Gasteiger partial charge in [-0.15, -0.1) is 25.3 Å². The largest absolute Gasteiger partial charge is 0.143 e. The summed E-state index contributed by atoms with van der Waals surface area (Å²) in [5, 5.41) is 7.56. The molecule has 0 radical (unpaired) electrons. The highest BCUT2D eigenvalue weighted by Gasteiger charge is 2.13. The Kier molecular flexibility index (Phi) is 3.14. The third-order valence-corrected chi connectivity index (χ3v) is 5.21. The van der Waals surface area contributed by atoms with E-state index in [0.717, 1.165) is 9.79 Å². The van der Waals surface area contributed by atoms with Crippen LogP contribution in [0.25, 0.3) is 32.3 Å². The van der Waals surface area contributed by atoms with Crippen molar-refractivity contribution < 1.29 is 0 Å². The number of thiol groups is 2. The first-order chi connectivity index (χ1) is 10.6. The zero-order chi connectivity index (χ0) is 15.4. The lowest BCUT2D eigenvalue weighted by Crippen LogP contribution is -1.89. The van der Waals surface area contributed by atoms with Crippen LogP contribution in [0, 0.1) is 13.8 Å². The highest BCUT2D eigenvalue weighted by molar-refractivity contribution is 7.80. The second kappa shape index (κ2) is 4.94. The van der Waals surface area contributed by atoms with Crippen LogP contribution in [-0.4, -0.2) is 0 Å². The van der Waals surface area contributed by atoms with E-state index in [2.05, 4.69) is 62.4 Å². The molecule has 4 aromatic carbocycles. The first kappa shape index (κ1) is 14.0. The summed E-state index contributed by atoms with van der Waals surface area (Å²) >= 11 is 9.41. The molecule has 22 heavy (non-hydrogen) atoms. The van der Waals surface area contributed by atoms with Gasteiger partial charge in [0, 0.05) is 9.79 Å². The molecule has 0 bridgehead atoms. The molecule has 0 aromatic heterocycles. The molecule has 0 aliphatic carbocycles. The molecule has 4 rings (SSSR count). The summed E-state index contributed by atoms with van der Waals surface area (Å²) in [6.07, 6.45) is 0. The molecule has 0 fully saturated rings. The van der Waals surface area contributed by atoms with Gasteiger partial charge in [-0.05, 0) is 69.4 Å². The molecule has 0 heterocycles. The van der Waals surface area contributed by atoms with E-state index in [1.54, 1.807) is 0 Å². The third kappa shape index (κ3) is 1.87. The van der Waals surface area contributed by atoms with E-state index in [1.165, 1.54) is 43.4 Å². The molecule has 0 aliphatic heterocycles. The monoisotopic (exact) mass is 320 g/mol. The number of benzene rings is 4. The SMILES string of the molecule is Cc1cccc2c(S)cc3cc(S)c4cccc(C)c4c3c12. The van der Waals surface area contributed by atoms with E-state index in [1.807, 2.05) is 0 Å². The maximum Gasteiger partial charge on any atom is 0.0125 e. The maximum atomic E-state index is 4.70. The van der Waals surface area contributed by atoms with Gasteiger partial charge in [0.1, 0.15) is 0 Å². The van der Waals surface area contributed by atoms with E-state index in [4.69, 9.17) is 25.3 Å². The summed E-state index contributed by atoms with van der Waals surface area (Å²) in [5.74, 6) is 0. The van der Waals surface area contributed by atoms with E-state index < -0.39 is 0 Å². The predicted octanol–water partition coefficient (Wildman–Crippen LogP) is 6.34. The Bertz CT molecular complexity index is 979. The van der Waals surface area contributed by atoms with E-state index in [9.17, 15) is 0 Å². The van der Waals surface area contributed by atoms with Crippen molar-refractivity contribution in [3.8, 4) is 0 Å². The zero-order valence-electron chi connectivity index (χ0n) is 12.5. The van der Waals surface area contributed by atoms with Crippen molar-refractivity contribution in [2.45, 2.75) is 23.6 Å². The standard InChI is InChI=1S/C20H16S2/c1-11-5-3-7-14-16(21)9-13-10-17(22)15-8-4-6-12(2)19(15)20(13)18(11)14/h3-10,21-22H,1-2H3. The number of hydrogen-bond donors (Lipinski definition) is 2. The number of fused-ring (bicyclic) bond motifs is 5. The van der Waals surface area contributed by atoms with Crippen LogP contribution >= 0.6 is 25.3 Å². The number of aryl methyl sites for hydroxylation is 2. The molecule has 0 nitrogen and oxygen atoms in total. The summed E-state index contributed by atoms with van der Waals surface area (Å²) in [7, 11) is 0. The molecule has 108 valence electrons. The van der Waals surface area contributed by atoms with Crippen LogP contribution in [0.5, 0.6) is 0 Å². The van der Waals surface area contributed by atoms with Crippen molar-refractivity contribution >= 4 is 57.6 Å². The second-order valence-electron chi connectivity index (χ2n) is 5.88. The van der Waals surface area contributed by atoms with Gasteiger partial charge < -0.3 is 0 Å². The molecule has 0 amide bonds. The van der Waals surface area contributed by atoms with Gasteiger partial charge in [-0.1, -0.05) is 36.4 Å². The third-order valence-electron chi connectivity index (χ3n) is 4.47. The fourth-order valence-corrected chi connectivity index (χ4v) is 4.13. The minimum Gasteiger partial charge on any atom is -0.143 e. The molecule has 0 unspecified atom stereocenters. The quantitative estimate of drug-likeness (QED) is 0.274. The molecule has 0 atom stereocenters. The molecule has 0 saturated heterocycles. The van der Waals surface area contributed by atoms with Gasteiger partial charge in [-0.25, -0.2) is 0 Å². The van der Waals surface area contributed by atoms with Gasteiger partial charge in [0.25, 0.3) is 0 Å². The van der Waals surface area contributed by atoms with Crippen LogP contribution < -0.4 is 0 Å². The Morgan fingerprint density at radius 1 is 0.636 bits per heavy atom. The Hall–Kier alpha value is -1.64. The van der Waals surface area contributed by atoms with Crippen molar-refractivity contribution in [1.29, 1.82) is 0 Å². The number of hydrogen-bond acceptors (Lipinski definition) is 2. The van der Waals surface area contributed by atoms with Crippen LogP contribution in [0.15, 0.2) is 58.3 Å². The molecule has 2 heteroatoms. The topological polar surface area (TPSA) is 0 Å². The summed E-state index contributed by atoms with van der Waals surface area (Å²) < 4.78 is 0. The van der Waals surface area contributed by atoms with Gasteiger partial charge in [-0.2, -0.15) is 0 Å². The van der Waals surface area contributed by atoms with E-state index in [0.29, 0.717) is 0 Å². The lowest BCUT2D eigenvalue weighted by molar-refractivity contribution is 1.48. The fourth-order valence-electron chi connectivity index (χ4n) is 3.48. The van der Waals surface area contributed by atoms with Crippen molar-refractivity contribution in [2.24, 2.45) is 0 Å². The minimum absolute atomic E-state index is 1.02. The highest BCUT2D eigenvalue weighted by atomic mass is 32.1. The lowest BCUT2D eigenvalue weighted by Gasteiger charge is -2.15. The van der Waals surface area contributed by atoms with Crippen LogP contribution in [0.3, 0.4) is 0 Å². The van der Waals surface area contributed by atoms with Gasteiger partial charge in [0.2, 0.25) is 0 Å². The smallest absolute Gasteiger partial charge is 0.0125 e. The highest BCUT2D eigenvalue weighted by Crippen LogP contribution is 2.40. The summed E-state index contributed by atoms with van der Waals surface area (Å²) in [6, 6.07) is 17.2. The average Bonchev–Trinajstić information content (AvgIpc) is 2.48. The second-order valence-corrected chi connectivity index (χ2v) is 6.85. The summed E-state index contributed by atoms with van der Waals surface area (Å²) in [5.41, 5.74) is 2.57. The lowest BCUT2D eigenvalue weighted by atomic mass is 9.92. The molecular formula is C20H16S2. The molecule has 0 N–H and O–H groups in total. The van der Waals surface area contributed by atoms with Crippen LogP contribution in [0.1, 0.15) is 11.1 Å². The van der Waals surface area contributed by atoms with Crippen LogP contribution in [-0.2, 0) is 0 Å². The molecule has 0 aliphatic rings. The van der Waals surface area contributed by atoms with Crippen molar-refractivity contribution in [3.63, 3.8) is 0 Å². The molecular weight excluding hydrogens is 304 g/mol. The maximum absolute atomic E-state index is 4.70. The first-order valence-electron chi connectivity index (χ1n) is 7.34. The van der Waals surface area contributed by atoms with Gasteiger partial charge in [-0.3, -0.25) is 0 Å². The van der Waals surface area contributed by atoms with Crippen LogP contribution in [0.4, 0.5) is 0 Å². The molecule has 4 aromatic rings. The van der Waals surface area contributed by atoms with Gasteiger partial charge in [0.15, 0.2) is 0 Å². The van der Waals surface area contributed by atoms with E-state index >= 15 is 0 Å². The van der Waals surface area contributed by atoms with E-state index in [-0.39, 0.29) is 0 Å². The summed E-state index contributed by atoms with van der Waals surface area (Å²) in [6.45, 7) is 4.35. The fraction of sp³-hybridized carbons (Fsp3) is 0.100. The van der Waals surface area contributed by atoms with Crippen molar-refractivity contribution in [1.82, 2.24) is 0 Å². The normalized spacial score (nSPS) is 11.6. The first-order valence-corrected chi connectivity index (χ1v) is 8.23. The van der Waals surface area contributed by atoms with Crippen LogP contribution in [0.2, 0.25) is 0 Å². The Morgan fingerprint density at radius 3 is 1.55 bits per heavy atom. The van der Waals surface area contributed by atoms with Gasteiger partial charge >= 0.3 is 0 Å². The number of rotatable bonds is 0. The average molecular weight is 320 g/mol. The summed E-state index contributed by atoms with van der Waals surface area (Å²) in [4.78, 5) is 2.04. The molecule has 0 saturated carbocycles. The molecule has 0 spiro atoms. The minimum atomic E-state index is 1.02. The Labute approximate surface area is 141 Å².